The fraction of sp³-hybridized carbons (Fsp3) is 0.391. The zero-order chi connectivity index (χ0) is 20.7. The highest BCUT2D eigenvalue weighted by atomic mass is 32.2. The Balaban J connectivity index is 1.38. The van der Waals surface area contributed by atoms with Gasteiger partial charge < -0.3 is 9.30 Å². The molecule has 0 spiro atoms. The van der Waals surface area contributed by atoms with Crippen LogP contribution in [0.4, 0.5) is 0 Å². The quantitative estimate of drug-likeness (QED) is 0.552. The lowest BCUT2D eigenvalue weighted by atomic mass is 9.81. The van der Waals surface area contributed by atoms with Crippen LogP contribution in [0.3, 0.4) is 0 Å². The van der Waals surface area contributed by atoms with Crippen LogP contribution in [-0.4, -0.2) is 32.1 Å². The third-order valence-electron chi connectivity index (χ3n) is 6.24. The summed E-state index contributed by atoms with van der Waals surface area (Å²) >= 11 is 0. The van der Waals surface area contributed by atoms with Gasteiger partial charge in [-0.1, -0.05) is 30.3 Å². The standard InChI is InChI=1S/C23H25NO5S/c1-30(25,26)24(12-10-16-4-2-5-17-11-13-27-22(16)17)14-18-6-3-7-21-20(18)9-8-19-15-28-29-23(19)21/h2,4-5,8-9,11,13,18H,3,6-7,10,12,14-15H2,1H3/t18-/m0/s1. The molecule has 2 heterocycles. The molecular weight excluding hydrogens is 402 g/mol. The molecule has 0 saturated carbocycles. The normalized spacial score (nSPS) is 18.4. The maximum Gasteiger partial charge on any atom is 0.211 e. The number of nitrogens with zero attached hydrogens (tertiary/aromatic N) is 1. The summed E-state index contributed by atoms with van der Waals surface area (Å²) in [4.78, 5) is 10.6. The highest BCUT2D eigenvalue weighted by Crippen LogP contribution is 2.41. The lowest BCUT2D eigenvalue weighted by Crippen LogP contribution is -2.36. The number of furan rings is 1. The van der Waals surface area contributed by atoms with Crippen LogP contribution in [0.25, 0.3) is 11.0 Å². The predicted molar refractivity (Wildman–Crippen MR) is 114 cm³/mol. The molecule has 1 aliphatic carbocycles. The van der Waals surface area contributed by atoms with Crippen LogP contribution in [0, 0.1) is 0 Å². The highest BCUT2D eigenvalue weighted by molar-refractivity contribution is 7.88. The molecular formula is C23H25NO5S. The molecule has 1 atom stereocenters. The van der Waals surface area contributed by atoms with Crippen LogP contribution >= 0.6 is 0 Å². The van der Waals surface area contributed by atoms with Crippen molar-refractivity contribution in [1.82, 2.24) is 4.31 Å². The average molecular weight is 428 g/mol. The van der Waals surface area contributed by atoms with Crippen molar-refractivity contribution in [3.8, 4) is 5.75 Å². The number of sulfonamides is 1. The maximum absolute atomic E-state index is 12.6. The fourth-order valence-electron chi connectivity index (χ4n) is 4.71. The van der Waals surface area contributed by atoms with Crippen molar-refractivity contribution in [2.24, 2.45) is 0 Å². The fourth-order valence-corrected chi connectivity index (χ4v) is 5.58. The minimum atomic E-state index is -3.34. The van der Waals surface area contributed by atoms with E-state index in [9.17, 15) is 8.42 Å². The van der Waals surface area contributed by atoms with Gasteiger partial charge in [0.25, 0.3) is 0 Å². The smallest absolute Gasteiger partial charge is 0.211 e. The first kappa shape index (κ1) is 19.6. The van der Waals surface area contributed by atoms with Gasteiger partial charge in [0, 0.05) is 29.6 Å². The molecule has 2 aromatic carbocycles. The SMILES string of the molecule is CS(=O)(=O)N(CCc1cccc2ccoc12)C[C@@H]1CCCc2c1ccc1c2OOC1. The van der Waals surface area contributed by atoms with Gasteiger partial charge in [0.1, 0.15) is 12.2 Å². The Labute approximate surface area is 176 Å². The first-order valence-electron chi connectivity index (χ1n) is 10.3. The van der Waals surface area contributed by atoms with Crippen LogP contribution in [0.15, 0.2) is 47.1 Å². The molecule has 0 amide bonds. The van der Waals surface area contributed by atoms with Crippen molar-refractivity contribution in [1.29, 1.82) is 0 Å². The number of para-hydroxylation sites is 1. The van der Waals surface area contributed by atoms with Crippen molar-refractivity contribution >= 4 is 21.0 Å². The second-order valence-corrected chi connectivity index (χ2v) is 10.2. The minimum Gasteiger partial charge on any atom is -0.464 e. The summed E-state index contributed by atoms with van der Waals surface area (Å²) in [6.07, 6.45) is 6.50. The molecule has 0 unspecified atom stereocenters. The molecule has 7 heteroatoms. The summed E-state index contributed by atoms with van der Waals surface area (Å²) < 4.78 is 32.4. The minimum absolute atomic E-state index is 0.150. The van der Waals surface area contributed by atoms with Crippen molar-refractivity contribution in [2.75, 3.05) is 19.3 Å². The van der Waals surface area contributed by atoms with Gasteiger partial charge in [-0.05, 0) is 48.8 Å². The Morgan fingerprint density at radius 2 is 2.07 bits per heavy atom. The summed E-state index contributed by atoms with van der Waals surface area (Å²) in [6.45, 7) is 1.37. The number of hydrogen-bond acceptors (Lipinski definition) is 5. The lowest BCUT2D eigenvalue weighted by Gasteiger charge is -2.30. The Morgan fingerprint density at radius 1 is 1.17 bits per heavy atom. The predicted octanol–water partition coefficient (Wildman–Crippen LogP) is 4.18. The number of fused-ring (bicyclic) bond motifs is 4. The van der Waals surface area contributed by atoms with E-state index in [4.69, 9.17) is 14.2 Å². The highest BCUT2D eigenvalue weighted by Gasteiger charge is 2.30. The van der Waals surface area contributed by atoms with Crippen LogP contribution in [0.1, 0.15) is 41.0 Å². The van der Waals surface area contributed by atoms with Crippen LogP contribution in [-0.2, 0) is 34.4 Å². The second kappa shape index (κ2) is 7.72. The van der Waals surface area contributed by atoms with Gasteiger partial charge in [-0.2, -0.15) is 4.89 Å². The monoisotopic (exact) mass is 427 g/mol. The molecule has 1 aromatic heterocycles. The second-order valence-electron chi connectivity index (χ2n) is 8.18. The molecule has 0 radical (unpaired) electrons. The van der Waals surface area contributed by atoms with Crippen LogP contribution in [0.2, 0.25) is 0 Å². The van der Waals surface area contributed by atoms with E-state index in [2.05, 4.69) is 6.07 Å². The van der Waals surface area contributed by atoms with Crippen molar-refractivity contribution in [3.05, 3.63) is 64.9 Å². The van der Waals surface area contributed by atoms with Gasteiger partial charge in [-0.25, -0.2) is 12.7 Å². The lowest BCUT2D eigenvalue weighted by molar-refractivity contribution is -0.195. The zero-order valence-electron chi connectivity index (χ0n) is 17.0. The van der Waals surface area contributed by atoms with Gasteiger partial charge in [0.05, 0.1) is 12.5 Å². The summed E-state index contributed by atoms with van der Waals surface area (Å²) in [6, 6.07) is 12.1. The maximum atomic E-state index is 12.6. The summed E-state index contributed by atoms with van der Waals surface area (Å²) in [5.74, 6) is 0.991. The molecule has 6 nitrogen and oxygen atoms in total. The van der Waals surface area contributed by atoms with E-state index >= 15 is 0 Å². The Kier molecular flexibility index (Phi) is 5.05. The van der Waals surface area contributed by atoms with E-state index in [0.29, 0.717) is 26.1 Å². The van der Waals surface area contributed by atoms with Crippen LogP contribution in [0.5, 0.6) is 5.75 Å². The van der Waals surface area contributed by atoms with E-state index < -0.39 is 10.0 Å². The third kappa shape index (κ3) is 3.62. The van der Waals surface area contributed by atoms with E-state index in [1.54, 1.807) is 10.6 Å². The Bertz CT molecular complexity index is 1180. The number of hydrogen-bond donors (Lipinski definition) is 0. The number of benzene rings is 2. The third-order valence-corrected chi connectivity index (χ3v) is 7.51. The molecule has 0 N–H and O–H groups in total. The molecule has 0 fully saturated rings. The van der Waals surface area contributed by atoms with Crippen molar-refractivity contribution in [3.63, 3.8) is 0 Å². The van der Waals surface area contributed by atoms with Crippen LogP contribution < -0.4 is 4.89 Å². The molecule has 0 bridgehead atoms. The first-order valence-corrected chi connectivity index (χ1v) is 12.2. The molecule has 3 aromatic rings. The van der Waals surface area contributed by atoms with Gasteiger partial charge in [0.2, 0.25) is 10.0 Å². The van der Waals surface area contributed by atoms with E-state index in [-0.39, 0.29) is 5.92 Å². The molecule has 158 valence electrons. The summed E-state index contributed by atoms with van der Waals surface area (Å²) in [5.41, 5.74) is 5.29. The van der Waals surface area contributed by atoms with E-state index in [1.807, 2.05) is 30.3 Å². The van der Waals surface area contributed by atoms with E-state index in [1.165, 1.54) is 17.4 Å². The Morgan fingerprint density at radius 3 is 2.93 bits per heavy atom. The summed E-state index contributed by atoms with van der Waals surface area (Å²) in [7, 11) is -3.34. The van der Waals surface area contributed by atoms with Gasteiger partial charge >= 0.3 is 0 Å². The van der Waals surface area contributed by atoms with Gasteiger partial charge in [-0.15, -0.1) is 0 Å². The van der Waals surface area contributed by atoms with Crippen molar-refractivity contribution in [2.45, 2.75) is 38.2 Å². The largest absolute Gasteiger partial charge is 0.464 e. The molecule has 0 saturated heterocycles. The molecule has 2 aliphatic rings. The Hall–Kier alpha value is -2.35. The first-order chi connectivity index (χ1) is 14.5. The van der Waals surface area contributed by atoms with E-state index in [0.717, 1.165) is 47.1 Å². The topological polar surface area (TPSA) is 69.0 Å². The molecule has 1 aliphatic heterocycles. The molecule has 5 rings (SSSR count). The average Bonchev–Trinajstić information content (AvgIpc) is 3.39. The van der Waals surface area contributed by atoms with Gasteiger partial charge in [0.15, 0.2) is 5.75 Å². The number of rotatable bonds is 6. The zero-order valence-corrected chi connectivity index (χ0v) is 17.8. The van der Waals surface area contributed by atoms with Crippen molar-refractivity contribution < 1.29 is 22.6 Å². The summed E-state index contributed by atoms with van der Waals surface area (Å²) in [5, 5.41) is 1.04. The molecule has 30 heavy (non-hydrogen) atoms. The van der Waals surface area contributed by atoms with Gasteiger partial charge in [-0.3, -0.25) is 0 Å².